The number of hydrogen-bond donors (Lipinski definition) is 0. The highest BCUT2D eigenvalue weighted by Crippen LogP contribution is 2.33. The molecular formula is C25H30ClN3O5. The van der Waals surface area contributed by atoms with Crippen molar-refractivity contribution < 1.29 is 23.9 Å². The van der Waals surface area contributed by atoms with Gasteiger partial charge in [-0.15, -0.1) is 0 Å². The molecule has 1 aliphatic heterocycles. The molecule has 1 fully saturated rings. The van der Waals surface area contributed by atoms with Gasteiger partial charge in [0.2, 0.25) is 0 Å². The van der Waals surface area contributed by atoms with Crippen LogP contribution in [0.4, 0.5) is 4.79 Å². The number of aryl methyl sites for hydroxylation is 1. The van der Waals surface area contributed by atoms with Gasteiger partial charge in [0.05, 0.1) is 23.2 Å². The van der Waals surface area contributed by atoms with Crippen LogP contribution in [0.2, 0.25) is 5.02 Å². The number of ether oxygens (including phenoxy) is 2. The highest BCUT2D eigenvalue weighted by molar-refractivity contribution is 6.36. The minimum atomic E-state index is -0.481. The summed E-state index contributed by atoms with van der Waals surface area (Å²) < 4.78 is 10.4. The van der Waals surface area contributed by atoms with Crippen molar-refractivity contribution in [2.24, 2.45) is 0 Å². The standard InChI is InChI=1S/C25H30ClN3O5/c1-3-12-33-25(32)29-11-10-28(14-18(29)15-34-16(2)30)24(31)17-8-9-20-22(13-17)27-21-7-5-4-6-19(21)23(20)26/h8-9,13,18H,3-7,10-12,14-15H2,1-2H3. The molecule has 34 heavy (non-hydrogen) atoms. The summed E-state index contributed by atoms with van der Waals surface area (Å²) in [6.45, 7) is 4.44. The molecule has 0 radical (unpaired) electrons. The fourth-order valence-corrected chi connectivity index (χ4v) is 4.95. The number of esters is 1. The van der Waals surface area contributed by atoms with Crippen LogP contribution in [0.1, 0.15) is 54.7 Å². The molecule has 2 heterocycles. The smallest absolute Gasteiger partial charge is 0.410 e. The maximum Gasteiger partial charge on any atom is 0.410 e. The molecule has 1 aromatic heterocycles. The van der Waals surface area contributed by atoms with Gasteiger partial charge in [-0.3, -0.25) is 19.5 Å². The van der Waals surface area contributed by atoms with E-state index < -0.39 is 18.1 Å². The van der Waals surface area contributed by atoms with Crippen molar-refractivity contribution in [1.29, 1.82) is 0 Å². The number of rotatable bonds is 5. The lowest BCUT2D eigenvalue weighted by Crippen LogP contribution is -2.58. The number of nitrogens with zero attached hydrogens (tertiary/aromatic N) is 3. The Morgan fingerprint density at radius 2 is 1.94 bits per heavy atom. The number of carbonyl (C=O) groups is 3. The second-order valence-electron chi connectivity index (χ2n) is 8.81. The Labute approximate surface area is 204 Å². The number of piperazine rings is 1. The molecule has 0 bridgehead atoms. The third kappa shape index (κ3) is 5.12. The summed E-state index contributed by atoms with van der Waals surface area (Å²) in [6.07, 6.45) is 4.30. The van der Waals surface area contributed by atoms with Crippen LogP contribution in [0.3, 0.4) is 0 Å². The first kappa shape index (κ1) is 24.3. The zero-order valence-corrected chi connectivity index (χ0v) is 20.4. The Hall–Kier alpha value is -2.87. The zero-order valence-electron chi connectivity index (χ0n) is 19.6. The molecule has 0 saturated carbocycles. The zero-order chi connectivity index (χ0) is 24.2. The second kappa shape index (κ2) is 10.6. The summed E-state index contributed by atoms with van der Waals surface area (Å²) in [5.74, 6) is -0.599. The van der Waals surface area contributed by atoms with Crippen molar-refractivity contribution in [1.82, 2.24) is 14.8 Å². The molecule has 1 saturated heterocycles. The Morgan fingerprint density at radius 1 is 1.15 bits per heavy atom. The molecular weight excluding hydrogens is 458 g/mol. The van der Waals surface area contributed by atoms with E-state index in [0.717, 1.165) is 52.9 Å². The van der Waals surface area contributed by atoms with Crippen LogP contribution < -0.4 is 0 Å². The summed E-state index contributed by atoms with van der Waals surface area (Å²) in [4.78, 5) is 45.3. The number of fused-ring (bicyclic) bond motifs is 2. The second-order valence-corrected chi connectivity index (χ2v) is 9.18. The largest absolute Gasteiger partial charge is 0.464 e. The molecule has 1 aliphatic carbocycles. The molecule has 0 N–H and O–H groups in total. The quantitative estimate of drug-likeness (QED) is 0.592. The summed E-state index contributed by atoms with van der Waals surface area (Å²) >= 11 is 6.68. The highest BCUT2D eigenvalue weighted by Gasteiger charge is 2.34. The maximum absolute atomic E-state index is 13.4. The van der Waals surface area contributed by atoms with Gasteiger partial charge in [0.1, 0.15) is 6.61 Å². The van der Waals surface area contributed by atoms with E-state index in [0.29, 0.717) is 31.7 Å². The predicted octanol–water partition coefficient (Wildman–Crippen LogP) is 4.00. The van der Waals surface area contributed by atoms with Crippen molar-refractivity contribution in [2.75, 3.05) is 32.8 Å². The molecule has 0 spiro atoms. The molecule has 2 aliphatic rings. The molecule has 9 heteroatoms. The van der Waals surface area contributed by atoms with Crippen LogP contribution in [0.15, 0.2) is 18.2 Å². The van der Waals surface area contributed by atoms with Crippen LogP contribution >= 0.6 is 11.6 Å². The molecule has 2 amide bonds. The monoisotopic (exact) mass is 487 g/mol. The molecule has 4 rings (SSSR count). The lowest BCUT2D eigenvalue weighted by molar-refractivity contribution is -0.143. The fraction of sp³-hybridized carbons (Fsp3) is 0.520. The van der Waals surface area contributed by atoms with E-state index in [4.69, 9.17) is 26.1 Å². The van der Waals surface area contributed by atoms with Crippen LogP contribution in [-0.4, -0.2) is 71.6 Å². The summed E-state index contributed by atoms with van der Waals surface area (Å²) in [5.41, 5.74) is 3.38. The van der Waals surface area contributed by atoms with Gasteiger partial charge in [-0.05, 0) is 49.8 Å². The summed E-state index contributed by atoms with van der Waals surface area (Å²) in [6, 6.07) is 4.95. The van der Waals surface area contributed by atoms with E-state index in [9.17, 15) is 14.4 Å². The van der Waals surface area contributed by atoms with Gasteiger partial charge in [-0.25, -0.2) is 4.79 Å². The molecule has 1 aromatic carbocycles. The van der Waals surface area contributed by atoms with E-state index in [-0.39, 0.29) is 19.1 Å². The number of hydrogen-bond acceptors (Lipinski definition) is 6. The van der Waals surface area contributed by atoms with E-state index >= 15 is 0 Å². The van der Waals surface area contributed by atoms with Crippen molar-refractivity contribution in [2.45, 2.75) is 52.0 Å². The Balaban J connectivity index is 1.54. The number of carbonyl (C=O) groups excluding carboxylic acids is 3. The SMILES string of the molecule is CCCOC(=O)N1CCN(C(=O)c2ccc3c(Cl)c4c(nc3c2)CCCC4)CC1COC(C)=O. The number of amides is 2. The van der Waals surface area contributed by atoms with Crippen molar-refractivity contribution in [3.8, 4) is 0 Å². The molecule has 1 atom stereocenters. The van der Waals surface area contributed by atoms with Crippen molar-refractivity contribution >= 4 is 40.5 Å². The number of benzene rings is 1. The third-order valence-electron chi connectivity index (χ3n) is 6.35. The van der Waals surface area contributed by atoms with Gasteiger partial charge < -0.3 is 14.4 Å². The van der Waals surface area contributed by atoms with Gasteiger partial charge in [0.25, 0.3) is 5.91 Å². The maximum atomic E-state index is 13.4. The Morgan fingerprint density at radius 3 is 2.71 bits per heavy atom. The van der Waals surface area contributed by atoms with E-state index in [1.165, 1.54) is 11.8 Å². The van der Waals surface area contributed by atoms with Crippen LogP contribution in [-0.2, 0) is 27.1 Å². The first-order valence-electron chi connectivity index (χ1n) is 11.9. The number of pyridine rings is 1. The minimum absolute atomic E-state index is 0.00135. The average Bonchev–Trinajstić information content (AvgIpc) is 2.85. The molecule has 8 nitrogen and oxygen atoms in total. The minimum Gasteiger partial charge on any atom is -0.464 e. The topological polar surface area (TPSA) is 89.0 Å². The average molecular weight is 488 g/mol. The van der Waals surface area contributed by atoms with Gasteiger partial charge in [0.15, 0.2) is 0 Å². The van der Waals surface area contributed by atoms with Crippen molar-refractivity contribution in [3.05, 3.63) is 40.0 Å². The van der Waals surface area contributed by atoms with Gasteiger partial charge in [-0.1, -0.05) is 24.6 Å². The third-order valence-corrected chi connectivity index (χ3v) is 6.79. The van der Waals surface area contributed by atoms with Crippen LogP contribution in [0.5, 0.6) is 0 Å². The first-order valence-corrected chi connectivity index (χ1v) is 12.2. The van der Waals surface area contributed by atoms with Gasteiger partial charge in [0, 0.05) is 43.2 Å². The Kier molecular flexibility index (Phi) is 7.56. The van der Waals surface area contributed by atoms with Gasteiger partial charge >= 0.3 is 12.1 Å². The van der Waals surface area contributed by atoms with Crippen LogP contribution in [0, 0.1) is 0 Å². The van der Waals surface area contributed by atoms with Crippen LogP contribution in [0.25, 0.3) is 10.9 Å². The normalized spacial score (nSPS) is 17.9. The number of halogens is 1. The fourth-order valence-electron chi connectivity index (χ4n) is 4.59. The lowest BCUT2D eigenvalue weighted by Gasteiger charge is -2.40. The first-order chi connectivity index (χ1) is 16.4. The van der Waals surface area contributed by atoms with Gasteiger partial charge in [-0.2, -0.15) is 0 Å². The predicted molar refractivity (Wildman–Crippen MR) is 128 cm³/mol. The molecule has 1 unspecified atom stereocenters. The van der Waals surface area contributed by atoms with E-state index in [1.54, 1.807) is 17.0 Å². The highest BCUT2D eigenvalue weighted by atomic mass is 35.5. The Bertz CT molecular complexity index is 1110. The van der Waals surface area contributed by atoms with E-state index in [1.807, 2.05) is 13.0 Å². The van der Waals surface area contributed by atoms with Crippen molar-refractivity contribution in [3.63, 3.8) is 0 Å². The van der Waals surface area contributed by atoms with E-state index in [2.05, 4.69) is 0 Å². The summed E-state index contributed by atoms with van der Waals surface area (Å²) in [5, 5.41) is 1.59. The summed E-state index contributed by atoms with van der Waals surface area (Å²) in [7, 11) is 0. The molecule has 182 valence electrons. The molecule has 2 aromatic rings. The lowest BCUT2D eigenvalue weighted by atomic mass is 9.94. The number of aromatic nitrogens is 1.